The minimum absolute atomic E-state index is 0.0209. The Labute approximate surface area is 199 Å². The van der Waals surface area contributed by atoms with Crippen molar-refractivity contribution in [3.8, 4) is 5.88 Å². The van der Waals surface area contributed by atoms with E-state index in [4.69, 9.17) is 9.73 Å². The average Bonchev–Trinajstić information content (AvgIpc) is 3.16. The van der Waals surface area contributed by atoms with Gasteiger partial charge < -0.3 is 14.8 Å². The zero-order chi connectivity index (χ0) is 24.2. The lowest BCUT2D eigenvalue weighted by molar-refractivity contribution is 0.0601. The number of aromatic amines is 1. The number of nitrogens with zero attached hydrogens (tertiary/aromatic N) is 2. The zero-order valence-corrected chi connectivity index (χ0v) is 19.9. The molecule has 0 aliphatic heterocycles. The van der Waals surface area contributed by atoms with Gasteiger partial charge in [0.2, 0.25) is 0 Å². The van der Waals surface area contributed by atoms with Crippen molar-refractivity contribution in [1.82, 2.24) is 9.88 Å². The van der Waals surface area contributed by atoms with Gasteiger partial charge in [-0.2, -0.15) is 0 Å². The Kier molecular flexibility index (Phi) is 6.80. The molecule has 4 rings (SSSR count). The van der Waals surface area contributed by atoms with Gasteiger partial charge in [0.1, 0.15) is 0 Å². The van der Waals surface area contributed by atoms with Crippen LogP contribution in [0, 0.1) is 6.92 Å². The van der Waals surface area contributed by atoms with Gasteiger partial charge >= 0.3 is 5.97 Å². The number of H-pyrrole nitrogens is 1. The molecule has 0 saturated carbocycles. The molecule has 0 bridgehead atoms. The SMILES string of the molecule is COC(=O)c1ccc2c(C(C)=Nc3ccc(CN(C)Cc4ccc(C)cc4)cc3)c(O)[nH]c2c1. The van der Waals surface area contributed by atoms with Crippen molar-refractivity contribution in [2.24, 2.45) is 4.99 Å². The molecule has 0 spiro atoms. The van der Waals surface area contributed by atoms with Gasteiger partial charge in [-0.3, -0.25) is 9.89 Å². The maximum Gasteiger partial charge on any atom is 0.337 e. The molecule has 0 unspecified atom stereocenters. The number of nitrogens with one attached hydrogen (secondary N) is 1. The maximum atomic E-state index is 11.8. The second-order valence-corrected chi connectivity index (χ2v) is 8.62. The number of benzene rings is 3. The molecule has 34 heavy (non-hydrogen) atoms. The highest BCUT2D eigenvalue weighted by Crippen LogP contribution is 2.30. The molecule has 6 heteroatoms. The molecule has 0 amide bonds. The summed E-state index contributed by atoms with van der Waals surface area (Å²) in [5, 5.41) is 11.3. The van der Waals surface area contributed by atoms with Crippen LogP contribution in [0.4, 0.5) is 5.69 Å². The predicted octanol–water partition coefficient (Wildman–Crippen LogP) is 5.74. The Bertz CT molecular complexity index is 1340. The summed E-state index contributed by atoms with van der Waals surface area (Å²) in [5.74, 6) is -0.403. The molecule has 0 aliphatic rings. The highest BCUT2D eigenvalue weighted by molar-refractivity contribution is 6.13. The molecule has 0 aliphatic carbocycles. The van der Waals surface area contributed by atoms with Gasteiger partial charge in [-0.25, -0.2) is 4.79 Å². The van der Waals surface area contributed by atoms with Crippen LogP contribution in [0.3, 0.4) is 0 Å². The number of ether oxygens (including phenoxy) is 1. The zero-order valence-electron chi connectivity index (χ0n) is 19.9. The first-order chi connectivity index (χ1) is 16.3. The topological polar surface area (TPSA) is 77.9 Å². The number of hydrogen-bond acceptors (Lipinski definition) is 5. The van der Waals surface area contributed by atoms with Crippen molar-refractivity contribution in [3.63, 3.8) is 0 Å². The van der Waals surface area contributed by atoms with E-state index >= 15 is 0 Å². The summed E-state index contributed by atoms with van der Waals surface area (Å²) in [4.78, 5) is 21.7. The van der Waals surface area contributed by atoms with E-state index in [1.807, 2.05) is 19.1 Å². The summed E-state index contributed by atoms with van der Waals surface area (Å²) in [7, 11) is 3.45. The maximum absolute atomic E-state index is 11.8. The van der Waals surface area contributed by atoms with Gasteiger partial charge in [-0.1, -0.05) is 48.0 Å². The van der Waals surface area contributed by atoms with E-state index in [1.165, 1.54) is 23.8 Å². The Hall–Kier alpha value is -3.90. The number of hydrogen-bond donors (Lipinski definition) is 2. The Balaban J connectivity index is 1.48. The predicted molar refractivity (Wildman–Crippen MR) is 136 cm³/mol. The standard InChI is InChI=1S/C28H29N3O3/c1-18-5-7-20(8-6-18)16-31(3)17-21-9-12-23(13-10-21)29-19(2)26-24-14-11-22(28(33)34-4)15-25(24)30-27(26)32/h5-15,30,32H,16-17H2,1-4H3. The second-order valence-electron chi connectivity index (χ2n) is 8.62. The van der Waals surface area contributed by atoms with E-state index in [0.717, 1.165) is 24.2 Å². The summed E-state index contributed by atoms with van der Waals surface area (Å²) in [6.07, 6.45) is 0. The first-order valence-corrected chi connectivity index (χ1v) is 11.2. The molecule has 1 heterocycles. The summed E-state index contributed by atoms with van der Waals surface area (Å²) in [6, 6.07) is 21.9. The molecule has 4 aromatic rings. The molecule has 0 radical (unpaired) electrons. The molecular formula is C28H29N3O3. The number of aromatic nitrogens is 1. The van der Waals surface area contributed by atoms with E-state index < -0.39 is 5.97 Å². The Morgan fingerprint density at radius 2 is 1.62 bits per heavy atom. The number of aryl methyl sites for hydroxylation is 1. The van der Waals surface area contributed by atoms with Crippen molar-refractivity contribution < 1.29 is 14.6 Å². The van der Waals surface area contributed by atoms with Crippen LogP contribution in [0.5, 0.6) is 5.88 Å². The fraction of sp³-hybridized carbons (Fsp3) is 0.214. The fourth-order valence-corrected chi connectivity index (χ4v) is 4.09. The molecule has 3 aromatic carbocycles. The number of fused-ring (bicyclic) bond motifs is 1. The van der Waals surface area contributed by atoms with E-state index in [0.29, 0.717) is 22.4 Å². The molecular weight excluding hydrogens is 426 g/mol. The van der Waals surface area contributed by atoms with Gasteiger partial charge in [0.25, 0.3) is 0 Å². The highest BCUT2D eigenvalue weighted by atomic mass is 16.5. The number of carbonyl (C=O) groups is 1. The smallest absolute Gasteiger partial charge is 0.337 e. The van der Waals surface area contributed by atoms with Gasteiger partial charge in [-0.05, 0) is 56.3 Å². The van der Waals surface area contributed by atoms with Crippen LogP contribution >= 0.6 is 0 Å². The first kappa shape index (κ1) is 23.3. The minimum Gasteiger partial charge on any atom is -0.494 e. The normalized spacial score (nSPS) is 11.9. The number of esters is 1. The monoisotopic (exact) mass is 455 g/mol. The first-order valence-electron chi connectivity index (χ1n) is 11.2. The molecule has 1 aromatic heterocycles. The van der Waals surface area contributed by atoms with Crippen molar-refractivity contribution in [2.75, 3.05) is 14.2 Å². The van der Waals surface area contributed by atoms with E-state index in [-0.39, 0.29) is 5.88 Å². The molecule has 0 saturated heterocycles. The van der Waals surface area contributed by atoms with Gasteiger partial charge in [-0.15, -0.1) is 0 Å². The highest BCUT2D eigenvalue weighted by Gasteiger charge is 2.16. The van der Waals surface area contributed by atoms with E-state index in [2.05, 4.69) is 60.3 Å². The molecule has 6 nitrogen and oxygen atoms in total. The summed E-state index contributed by atoms with van der Waals surface area (Å²) < 4.78 is 4.77. The number of aromatic hydroxyl groups is 1. The summed E-state index contributed by atoms with van der Waals surface area (Å²) in [5.41, 5.74) is 6.94. The quantitative estimate of drug-likeness (QED) is 0.275. The number of rotatable bonds is 7. The van der Waals surface area contributed by atoms with Crippen LogP contribution in [0.2, 0.25) is 0 Å². The summed E-state index contributed by atoms with van der Waals surface area (Å²) in [6.45, 7) is 5.68. The molecule has 174 valence electrons. The summed E-state index contributed by atoms with van der Waals surface area (Å²) >= 11 is 0. The lowest BCUT2D eigenvalue weighted by atomic mass is 10.1. The third-order valence-electron chi connectivity index (χ3n) is 5.82. The van der Waals surface area contributed by atoms with Gasteiger partial charge in [0, 0.05) is 24.0 Å². The fourth-order valence-electron chi connectivity index (χ4n) is 4.09. The van der Waals surface area contributed by atoms with Gasteiger partial charge in [0.05, 0.1) is 29.6 Å². The average molecular weight is 456 g/mol. The third-order valence-corrected chi connectivity index (χ3v) is 5.82. The minimum atomic E-state index is -0.424. The van der Waals surface area contributed by atoms with Crippen LogP contribution in [0.1, 0.15) is 39.5 Å². The number of aliphatic imine (C=N–C) groups is 1. The number of methoxy groups -OCH3 is 1. The van der Waals surface area contributed by atoms with Crippen LogP contribution in [-0.2, 0) is 17.8 Å². The molecule has 0 atom stereocenters. The molecule has 2 N–H and O–H groups in total. The van der Waals surface area contributed by atoms with Crippen LogP contribution in [0.25, 0.3) is 10.9 Å². The van der Waals surface area contributed by atoms with Crippen LogP contribution in [-0.4, -0.2) is 40.8 Å². The lowest BCUT2D eigenvalue weighted by Crippen LogP contribution is -2.17. The third kappa shape index (κ3) is 5.18. The molecule has 0 fully saturated rings. The van der Waals surface area contributed by atoms with Crippen molar-refractivity contribution in [2.45, 2.75) is 26.9 Å². The van der Waals surface area contributed by atoms with Gasteiger partial charge in [0.15, 0.2) is 5.88 Å². The Morgan fingerprint density at radius 1 is 1.00 bits per heavy atom. The van der Waals surface area contributed by atoms with Crippen molar-refractivity contribution in [3.05, 3.63) is 94.5 Å². The van der Waals surface area contributed by atoms with Crippen LogP contribution < -0.4 is 0 Å². The van der Waals surface area contributed by atoms with E-state index in [1.54, 1.807) is 18.2 Å². The lowest BCUT2D eigenvalue weighted by Gasteiger charge is -2.17. The van der Waals surface area contributed by atoms with Crippen molar-refractivity contribution >= 4 is 28.3 Å². The van der Waals surface area contributed by atoms with E-state index in [9.17, 15) is 9.90 Å². The van der Waals surface area contributed by atoms with Crippen LogP contribution in [0.15, 0.2) is 71.7 Å². The van der Waals surface area contributed by atoms with Crippen molar-refractivity contribution in [1.29, 1.82) is 0 Å². The largest absolute Gasteiger partial charge is 0.494 e. The second kappa shape index (κ2) is 9.93. The number of carbonyl (C=O) groups excluding carboxylic acids is 1. The Morgan fingerprint density at radius 3 is 2.24 bits per heavy atom.